The van der Waals surface area contributed by atoms with E-state index in [9.17, 15) is 9.90 Å². The molecule has 1 unspecified atom stereocenters. The van der Waals surface area contributed by atoms with Crippen LogP contribution in [0.3, 0.4) is 0 Å². The molecule has 0 spiro atoms. The predicted octanol–water partition coefficient (Wildman–Crippen LogP) is 1.86. The van der Waals surface area contributed by atoms with Crippen molar-refractivity contribution in [2.24, 2.45) is 0 Å². The molecule has 1 fully saturated rings. The molecule has 2 heterocycles. The van der Waals surface area contributed by atoms with Gasteiger partial charge in [-0.2, -0.15) is 16.9 Å². The first kappa shape index (κ1) is 10.5. The lowest BCUT2D eigenvalue weighted by atomic mass is 10.2. The maximum atomic E-state index is 11.1. The number of aromatic hydroxyl groups is 1. The summed E-state index contributed by atoms with van der Waals surface area (Å²) >= 11 is 1.89. The molecule has 5 heteroatoms. The highest BCUT2D eigenvalue weighted by Gasteiger charge is 2.20. The van der Waals surface area contributed by atoms with Crippen LogP contribution in [0.4, 0.5) is 0 Å². The second-order valence-electron chi connectivity index (χ2n) is 3.77. The Bertz CT molecular complexity index is 369. The van der Waals surface area contributed by atoms with E-state index < -0.39 is 0 Å². The summed E-state index contributed by atoms with van der Waals surface area (Å²) < 4.78 is 1.73. The zero-order chi connectivity index (χ0) is 10.8. The molecule has 1 aromatic heterocycles. The Morgan fingerprint density at radius 1 is 1.73 bits per heavy atom. The first-order chi connectivity index (χ1) is 7.18. The zero-order valence-corrected chi connectivity index (χ0v) is 9.46. The van der Waals surface area contributed by atoms with Gasteiger partial charge in [0.05, 0.1) is 12.2 Å². The number of hydrogen-bond donors (Lipinski definition) is 1. The Balaban J connectivity index is 2.21. The summed E-state index contributed by atoms with van der Waals surface area (Å²) in [5, 5.41) is 13.7. The van der Waals surface area contributed by atoms with Gasteiger partial charge in [0.2, 0.25) is 0 Å². The van der Waals surface area contributed by atoms with Crippen LogP contribution in [0.2, 0.25) is 0 Å². The number of carbonyl (C=O) groups excluding carboxylic acids is 1. The van der Waals surface area contributed by atoms with Gasteiger partial charge in [0.1, 0.15) is 0 Å². The number of Topliss-reactive ketones (excluding diaryl/α,β-unsaturated/α-hetero) is 1. The highest BCUT2D eigenvalue weighted by molar-refractivity contribution is 7.99. The molecule has 0 saturated carbocycles. The number of aromatic nitrogens is 2. The molecule has 0 bridgehead atoms. The summed E-state index contributed by atoms with van der Waals surface area (Å²) in [5.41, 5.74) is 0.186. The normalized spacial score (nSPS) is 21.5. The highest BCUT2D eigenvalue weighted by atomic mass is 32.2. The van der Waals surface area contributed by atoms with Crippen molar-refractivity contribution in [2.45, 2.75) is 25.8 Å². The van der Waals surface area contributed by atoms with Crippen LogP contribution in [0.25, 0.3) is 0 Å². The van der Waals surface area contributed by atoms with Crippen LogP contribution >= 0.6 is 11.8 Å². The van der Waals surface area contributed by atoms with E-state index in [0.29, 0.717) is 6.04 Å². The second kappa shape index (κ2) is 4.26. The molecule has 0 aromatic carbocycles. The van der Waals surface area contributed by atoms with Gasteiger partial charge in [-0.15, -0.1) is 0 Å². The van der Waals surface area contributed by atoms with Crippen molar-refractivity contribution in [3.63, 3.8) is 0 Å². The minimum Gasteiger partial charge on any atom is -0.504 e. The molecule has 0 amide bonds. The van der Waals surface area contributed by atoms with E-state index in [0.717, 1.165) is 12.2 Å². The molecule has 0 aliphatic carbocycles. The summed E-state index contributed by atoms with van der Waals surface area (Å²) in [6.07, 6.45) is 3.81. The fraction of sp³-hybridized carbons (Fsp3) is 0.600. The standard InChI is InChI=1S/C10H14N2O2S/c1-7(13)10-9(14)5-12(11-10)8-3-2-4-15-6-8/h5,8,14H,2-4,6H2,1H3. The first-order valence-corrected chi connectivity index (χ1v) is 6.20. The molecule has 2 rings (SSSR count). The van der Waals surface area contributed by atoms with Crippen LogP contribution in [0.15, 0.2) is 6.20 Å². The Labute approximate surface area is 92.7 Å². The maximum absolute atomic E-state index is 11.1. The van der Waals surface area contributed by atoms with Crippen molar-refractivity contribution in [1.82, 2.24) is 9.78 Å². The van der Waals surface area contributed by atoms with E-state index in [-0.39, 0.29) is 17.2 Å². The summed E-state index contributed by atoms with van der Waals surface area (Å²) in [5.74, 6) is 2.02. The van der Waals surface area contributed by atoms with Gasteiger partial charge in [0, 0.05) is 12.7 Å². The Morgan fingerprint density at radius 2 is 2.53 bits per heavy atom. The molecular formula is C10H14N2O2S. The zero-order valence-electron chi connectivity index (χ0n) is 8.64. The minimum absolute atomic E-state index is 0.00178. The lowest BCUT2D eigenvalue weighted by Crippen LogP contribution is -2.17. The van der Waals surface area contributed by atoms with E-state index >= 15 is 0 Å². The Kier molecular flexibility index (Phi) is 3.00. The van der Waals surface area contributed by atoms with Crippen LogP contribution < -0.4 is 0 Å². The van der Waals surface area contributed by atoms with Crippen LogP contribution in [-0.4, -0.2) is 32.2 Å². The van der Waals surface area contributed by atoms with E-state index in [1.807, 2.05) is 11.8 Å². The smallest absolute Gasteiger partial charge is 0.183 e. The lowest BCUT2D eigenvalue weighted by Gasteiger charge is -2.21. The number of hydrogen-bond acceptors (Lipinski definition) is 4. The van der Waals surface area contributed by atoms with Gasteiger partial charge >= 0.3 is 0 Å². The van der Waals surface area contributed by atoms with Crippen molar-refractivity contribution >= 4 is 17.5 Å². The van der Waals surface area contributed by atoms with Gasteiger partial charge in [-0.25, -0.2) is 0 Å². The average Bonchev–Trinajstić information content (AvgIpc) is 2.62. The molecule has 1 aliphatic heterocycles. The molecule has 4 nitrogen and oxygen atoms in total. The van der Waals surface area contributed by atoms with Gasteiger partial charge in [0.15, 0.2) is 17.2 Å². The molecule has 1 atom stereocenters. The summed E-state index contributed by atoms with van der Waals surface area (Å²) in [7, 11) is 0. The molecule has 1 N–H and O–H groups in total. The predicted molar refractivity (Wildman–Crippen MR) is 59.5 cm³/mol. The van der Waals surface area contributed by atoms with Gasteiger partial charge in [-0.05, 0) is 18.6 Å². The minimum atomic E-state index is -0.185. The number of thioether (sulfide) groups is 1. The average molecular weight is 226 g/mol. The fourth-order valence-electron chi connectivity index (χ4n) is 1.75. The Hall–Kier alpha value is -0.970. The van der Waals surface area contributed by atoms with E-state index in [1.165, 1.54) is 19.1 Å². The van der Waals surface area contributed by atoms with Gasteiger partial charge in [-0.1, -0.05) is 0 Å². The number of carbonyl (C=O) groups is 1. The van der Waals surface area contributed by atoms with Crippen LogP contribution in [-0.2, 0) is 0 Å². The largest absolute Gasteiger partial charge is 0.504 e. The quantitative estimate of drug-likeness (QED) is 0.782. The number of ketones is 1. The molecular weight excluding hydrogens is 212 g/mol. The third kappa shape index (κ3) is 2.17. The first-order valence-electron chi connectivity index (χ1n) is 5.05. The fourth-order valence-corrected chi connectivity index (χ4v) is 2.88. The van der Waals surface area contributed by atoms with Gasteiger partial charge in [0.25, 0.3) is 0 Å². The molecule has 15 heavy (non-hydrogen) atoms. The SMILES string of the molecule is CC(=O)c1nn(C2CCCSC2)cc1O. The van der Waals surface area contributed by atoms with Crippen LogP contribution in [0.1, 0.15) is 36.3 Å². The topological polar surface area (TPSA) is 55.1 Å². The molecule has 1 aromatic rings. The van der Waals surface area contributed by atoms with Gasteiger partial charge in [-0.3, -0.25) is 9.48 Å². The molecule has 1 aliphatic rings. The number of rotatable bonds is 2. The van der Waals surface area contributed by atoms with Crippen LogP contribution in [0.5, 0.6) is 5.75 Å². The monoisotopic (exact) mass is 226 g/mol. The van der Waals surface area contributed by atoms with Crippen LogP contribution in [0, 0.1) is 0 Å². The molecule has 1 saturated heterocycles. The molecule has 0 radical (unpaired) electrons. The van der Waals surface area contributed by atoms with Crippen molar-refractivity contribution in [3.05, 3.63) is 11.9 Å². The summed E-state index contributed by atoms with van der Waals surface area (Å²) in [6.45, 7) is 1.42. The third-order valence-corrected chi connectivity index (χ3v) is 3.75. The van der Waals surface area contributed by atoms with Crippen molar-refractivity contribution in [3.8, 4) is 5.75 Å². The van der Waals surface area contributed by atoms with E-state index in [2.05, 4.69) is 5.10 Å². The van der Waals surface area contributed by atoms with Crippen molar-refractivity contribution in [2.75, 3.05) is 11.5 Å². The van der Waals surface area contributed by atoms with Crippen molar-refractivity contribution < 1.29 is 9.90 Å². The summed E-state index contributed by atoms with van der Waals surface area (Å²) in [4.78, 5) is 11.1. The highest BCUT2D eigenvalue weighted by Crippen LogP contribution is 2.28. The maximum Gasteiger partial charge on any atom is 0.183 e. The van der Waals surface area contributed by atoms with Crippen molar-refractivity contribution in [1.29, 1.82) is 0 Å². The second-order valence-corrected chi connectivity index (χ2v) is 4.92. The van der Waals surface area contributed by atoms with E-state index in [1.54, 1.807) is 10.9 Å². The molecule has 82 valence electrons. The number of nitrogens with zero attached hydrogens (tertiary/aromatic N) is 2. The van der Waals surface area contributed by atoms with E-state index in [4.69, 9.17) is 0 Å². The lowest BCUT2D eigenvalue weighted by molar-refractivity contribution is 0.100. The summed E-state index contributed by atoms with van der Waals surface area (Å²) in [6, 6.07) is 0.322. The van der Waals surface area contributed by atoms with Gasteiger partial charge < -0.3 is 5.11 Å². The third-order valence-electron chi connectivity index (χ3n) is 2.56. The Morgan fingerprint density at radius 3 is 3.07 bits per heavy atom.